The summed E-state index contributed by atoms with van der Waals surface area (Å²) in [4.78, 5) is 2.66. The molecule has 0 radical (unpaired) electrons. The molecular formula is C13H19ClN2S. The topological polar surface area (TPSA) is 29.3 Å². The molecule has 0 aromatic heterocycles. The first-order valence-corrected chi connectivity index (χ1v) is 6.52. The van der Waals surface area contributed by atoms with Gasteiger partial charge in [0.1, 0.15) is 4.99 Å². The zero-order chi connectivity index (χ0) is 13.0. The molecule has 0 bridgehead atoms. The van der Waals surface area contributed by atoms with Crippen molar-refractivity contribution in [1.82, 2.24) is 4.90 Å². The van der Waals surface area contributed by atoms with Crippen molar-refractivity contribution < 1.29 is 0 Å². The lowest BCUT2D eigenvalue weighted by atomic mass is 10.1. The highest BCUT2D eigenvalue weighted by Gasteiger charge is 2.10. The van der Waals surface area contributed by atoms with Crippen LogP contribution in [0.15, 0.2) is 18.2 Å². The van der Waals surface area contributed by atoms with E-state index in [9.17, 15) is 0 Å². The van der Waals surface area contributed by atoms with Gasteiger partial charge in [0.05, 0.1) is 0 Å². The number of nitrogens with two attached hydrogens (primary N) is 1. The fourth-order valence-electron chi connectivity index (χ4n) is 1.57. The van der Waals surface area contributed by atoms with E-state index in [-0.39, 0.29) is 0 Å². The summed E-state index contributed by atoms with van der Waals surface area (Å²) < 4.78 is 0. The molecular weight excluding hydrogens is 252 g/mol. The predicted molar refractivity (Wildman–Crippen MR) is 78.6 cm³/mol. The molecule has 0 aliphatic carbocycles. The van der Waals surface area contributed by atoms with Crippen LogP contribution in [-0.2, 0) is 6.54 Å². The standard InChI is InChI=1S/C13H19ClN2S/c1-4-9(2)16(3)8-11-6-5-10(13(15)17)7-12(11)14/h5-7,9H,4,8H2,1-3H3,(H2,15,17). The minimum Gasteiger partial charge on any atom is -0.389 e. The van der Waals surface area contributed by atoms with Gasteiger partial charge in [-0.3, -0.25) is 4.90 Å². The van der Waals surface area contributed by atoms with Crippen LogP contribution >= 0.6 is 23.8 Å². The van der Waals surface area contributed by atoms with E-state index in [0.717, 1.165) is 29.1 Å². The van der Waals surface area contributed by atoms with E-state index in [1.54, 1.807) is 0 Å². The van der Waals surface area contributed by atoms with Gasteiger partial charge in [-0.1, -0.05) is 42.9 Å². The average molecular weight is 271 g/mol. The number of hydrogen-bond donors (Lipinski definition) is 1. The van der Waals surface area contributed by atoms with Gasteiger partial charge in [-0.2, -0.15) is 0 Å². The highest BCUT2D eigenvalue weighted by molar-refractivity contribution is 7.80. The Morgan fingerprint density at radius 1 is 1.53 bits per heavy atom. The zero-order valence-electron chi connectivity index (χ0n) is 10.5. The summed E-state index contributed by atoms with van der Waals surface area (Å²) in [6, 6.07) is 6.30. The number of thiocarbonyl (C=S) groups is 1. The van der Waals surface area contributed by atoms with Crippen molar-refractivity contribution in [1.29, 1.82) is 0 Å². The Kier molecular flexibility index (Phi) is 5.37. The second-order valence-corrected chi connectivity index (χ2v) is 5.19. The minimum absolute atomic E-state index is 0.383. The maximum absolute atomic E-state index is 6.22. The molecule has 0 aliphatic heterocycles. The van der Waals surface area contributed by atoms with Gasteiger partial charge >= 0.3 is 0 Å². The van der Waals surface area contributed by atoms with Gasteiger partial charge in [0.15, 0.2) is 0 Å². The van der Waals surface area contributed by atoms with Crippen LogP contribution in [0.3, 0.4) is 0 Å². The average Bonchev–Trinajstić information content (AvgIpc) is 2.30. The molecule has 94 valence electrons. The van der Waals surface area contributed by atoms with Crippen molar-refractivity contribution in [3.63, 3.8) is 0 Å². The molecule has 1 rings (SSSR count). The number of nitrogens with zero attached hydrogens (tertiary/aromatic N) is 1. The Labute approximate surface area is 114 Å². The monoisotopic (exact) mass is 270 g/mol. The van der Waals surface area contributed by atoms with E-state index >= 15 is 0 Å². The molecule has 0 saturated carbocycles. The van der Waals surface area contributed by atoms with Crippen LogP contribution in [0.2, 0.25) is 5.02 Å². The van der Waals surface area contributed by atoms with Gasteiger partial charge in [0.2, 0.25) is 0 Å². The van der Waals surface area contributed by atoms with Crippen LogP contribution in [-0.4, -0.2) is 23.0 Å². The lowest BCUT2D eigenvalue weighted by molar-refractivity contribution is 0.244. The molecule has 0 heterocycles. The summed E-state index contributed by atoms with van der Waals surface area (Å²) in [6.45, 7) is 5.22. The van der Waals surface area contributed by atoms with Crippen LogP contribution < -0.4 is 5.73 Å². The molecule has 0 saturated heterocycles. The van der Waals surface area contributed by atoms with Crippen molar-refractivity contribution in [3.05, 3.63) is 34.3 Å². The molecule has 4 heteroatoms. The van der Waals surface area contributed by atoms with E-state index in [2.05, 4.69) is 25.8 Å². The number of hydrogen-bond acceptors (Lipinski definition) is 2. The summed E-state index contributed by atoms with van der Waals surface area (Å²) in [5.74, 6) is 0. The molecule has 2 N–H and O–H groups in total. The van der Waals surface area contributed by atoms with E-state index in [1.165, 1.54) is 0 Å². The van der Waals surface area contributed by atoms with Crippen molar-refractivity contribution in [2.45, 2.75) is 32.9 Å². The van der Waals surface area contributed by atoms with E-state index in [1.807, 2.05) is 18.2 Å². The van der Waals surface area contributed by atoms with Crippen LogP contribution in [0, 0.1) is 0 Å². The van der Waals surface area contributed by atoms with Gasteiger partial charge in [0.25, 0.3) is 0 Å². The Morgan fingerprint density at radius 2 is 2.18 bits per heavy atom. The normalized spacial score (nSPS) is 12.8. The number of rotatable bonds is 5. The molecule has 1 unspecified atom stereocenters. The van der Waals surface area contributed by atoms with E-state index < -0.39 is 0 Å². The largest absolute Gasteiger partial charge is 0.389 e. The Hall–Kier alpha value is -0.640. The molecule has 0 fully saturated rings. The molecule has 2 nitrogen and oxygen atoms in total. The molecule has 1 aromatic carbocycles. The van der Waals surface area contributed by atoms with Crippen molar-refractivity contribution in [3.8, 4) is 0 Å². The molecule has 1 atom stereocenters. The zero-order valence-corrected chi connectivity index (χ0v) is 12.1. The van der Waals surface area contributed by atoms with Gasteiger partial charge < -0.3 is 5.73 Å². The molecule has 17 heavy (non-hydrogen) atoms. The third-order valence-corrected chi connectivity index (χ3v) is 3.69. The molecule has 0 spiro atoms. The van der Waals surface area contributed by atoms with E-state index in [4.69, 9.17) is 29.6 Å². The second-order valence-electron chi connectivity index (χ2n) is 4.34. The minimum atomic E-state index is 0.383. The van der Waals surface area contributed by atoms with Crippen LogP contribution in [0.25, 0.3) is 0 Å². The fourth-order valence-corrected chi connectivity index (χ4v) is 1.93. The smallest absolute Gasteiger partial charge is 0.104 e. The lowest BCUT2D eigenvalue weighted by Gasteiger charge is -2.24. The van der Waals surface area contributed by atoms with Gasteiger partial charge in [-0.05, 0) is 32.0 Å². The Balaban J connectivity index is 2.82. The fraction of sp³-hybridized carbons (Fsp3) is 0.462. The number of benzene rings is 1. The second kappa shape index (κ2) is 6.34. The van der Waals surface area contributed by atoms with E-state index in [0.29, 0.717) is 11.0 Å². The van der Waals surface area contributed by atoms with Crippen molar-refractivity contribution in [2.75, 3.05) is 7.05 Å². The molecule has 0 aliphatic rings. The predicted octanol–water partition coefficient (Wildman–Crippen LogP) is 3.20. The third kappa shape index (κ3) is 3.95. The van der Waals surface area contributed by atoms with Crippen LogP contribution in [0.1, 0.15) is 31.4 Å². The van der Waals surface area contributed by atoms with Gasteiger partial charge in [0, 0.05) is 23.2 Å². The van der Waals surface area contributed by atoms with Crippen LogP contribution in [0.4, 0.5) is 0 Å². The van der Waals surface area contributed by atoms with Crippen molar-refractivity contribution in [2.24, 2.45) is 5.73 Å². The molecule has 1 aromatic rings. The summed E-state index contributed by atoms with van der Waals surface area (Å²) in [5, 5.41) is 0.727. The SMILES string of the molecule is CCC(C)N(C)Cc1ccc(C(N)=S)cc1Cl. The first-order valence-electron chi connectivity index (χ1n) is 5.74. The number of halogens is 1. The Morgan fingerprint density at radius 3 is 2.65 bits per heavy atom. The summed E-state index contributed by atoms with van der Waals surface area (Å²) >= 11 is 11.1. The third-order valence-electron chi connectivity index (χ3n) is 3.10. The summed E-state index contributed by atoms with van der Waals surface area (Å²) in [7, 11) is 2.10. The molecule has 0 amide bonds. The summed E-state index contributed by atoms with van der Waals surface area (Å²) in [6.07, 6.45) is 1.12. The van der Waals surface area contributed by atoms with Gasteiger partial charge in [-0.15, -0.1) is 0 Å². The van der Waals surface area contributed by atoms with Crippen LogP contribution in [0.5, 0.6) is 0 Å². The van der Waals surface area contributed by atoms with Gasteiger partial charge in [-0.25, -0.2) is 0 Å². The first kappa shape index (κ1) is 14.4. The quantitative estimate of drug-likeness (QED) is 0.833. The van der Waals surface area contributed by atoms with Crippen molar-refractivity contribution >= 4 is 28.8 Å². The maximum atomic E-state index is 6.22. The maximum Gasteiger partial charge on any atom is 0.104 e. The first-order chi connectivity index (χ1) is 7.95. The summed E-state index contributed by atoms with van der Waals surface area (Å²) in [5.41, 5.74) is 7.49. The highest BCUT2D eigenvalue weighted by atomic mass is 35.5. The lowest BCUT2D eigenvalue weighted by Crippen LogP contribution is -2.27. The Bertz CT molecular complexity index is 406. The highest BCUT2D eigenvalue weighted by Crippen LogP contribution is 2.20.